The van der Waals surface area contributed by atoms with E-state index in [1.165, 1.54) is 52.1 Å². The Bertz CT molecular complexity index is 280. The van der Waals surface area contributed by atoms with Crippen molar-refractivity contribution in [3.63, 3.8) is 0 Å². The smallest absolute Gasteiger partial charge is 0.305 e. The van der Waals surface area contributed by atoms with E-state index >= 15 is 0 Å². The van der Waals surface area contributed by atoms with Crippen LogP contribution in [0, 0.1) is 0 Å². The van der Waals surface area contributed by atoms with Crippen molar-refractivity contribution in [1.29, 1.82) is 0 Å². The lowest BCUT2D eigenvalue weighted by Gasteiger charge is -2.19. The largest absolute Gasteiger partial charge is 0.469 e. The molecule has 0 amide bonds. The van der Waals surface area contributed by atoms with Crippen LogP contribution in [0.15, 0.2) is 0 Å². The summed E-state index contributed by atoms with van der Waals surface area (Å²) in [6, 6.07) is 0. The van der Waals surface area contributed by atoms with Gasteiger partial charge in [0.25, 0.3) is 0 Å². The van der Waals surface area contributed by atoms with E-state index in [1.807, 2.05) is 0 Å². The number of carbonyl (C=O) groups excluding carboxylic acids is 1. The van der Waals surface area contributed by atoms with Crippen molar-refractivity contribution in [1.82, 2.24) is 0 Å². The second kappa shape index (κ2) is 20.7. The predicted octanol–water partition coefficient (Wildman–Crippen LogP) is 6.41. The third kappa shape index (κ3) is 18.2. The SMILES string of the molecule is CCCCCCOC(CCCCCCCC(=O)OC)OCCCCCC. The van der Waals surface area contributed by atoms with Gasteiger partial charge in [-0.25, -0.2) is 0 Å². The van der Waals surface area contributed by atoms with Crippen molar-refractivity contribution in [3.05, 3.63) is 0 Å². The van der Waals surface area contributed by atoms with E-state index in [-0.39, 0.29) is 12.3 Å². The molecule has 0 atom stereocenters. The lowest BCUT2D eigenvalue weighted by Crippen LogP contribution is -2.19. The van der Waals surface area contributed by atoms with Crippen LogP contribution in [0.3, 0.4) is 0 Å². The van der Waals surface area contributed by atoms with E-state index < -0.39 is 0 Å². The quantitative estimate of drug-likeness (QED) is 0.141. The summed E-state index contributed by atoms with van der Waals surface area (Å²) in [5.41, 5.74) is 0. The third-order valence-corrected chi connectivity index (χ3v) is 4.65. The van der Waals surface area contributed by atoms with Gasteiger partial charge < -0.3 is 14.2 Å². The molecule has 4 heteroatoms. The van der Waals surface area contributed by atoms with Gasteiger partial charge >= 0.3 is 5.97 Å². The molecule has 0 spiro atoms. The summed E-state index contributed by atoms with van der Waals surface area (Å²) in [6.07, 6.45) is 16.9. The maximum Gasteiger partial charge on any atom is 0.305 e. The fourth-order valence-electron chi connectivity index (χ4n) is 2.91. The summed E-state index contributed by atoms with van der Waals surface area (Å²) >= 11 is 0. The molecule has 0 radical (unpaired) electrons. The molecule has 156 valence electrons. The Hall–Kier alpha value is -0.610. The Morgan fingerprint density at radius 3 is 1.73 bits per heavy atom. The molecule has 0 N–H and O–H groups in total. The van der Waals surface area contributed by atoms with Crippen molar-refractivity contribution >= 4 is 5.97 Å². The van der Waals surface area contributed by atoms with Crippen LogP contribution < -0.4 is 0 Å². The minimum Gasteiger partial charge on any atom is -0.469 e. The van der Waals surface area contributed by atoms with Gasteiger partial charge in [-0.3, -0.25) is 4.79 Å². The van der Waals surface area contributed by atoms with Gasteiger partial charge in [-0.1, -0.05) is 71.6 Å². The highest BCUT2D eigenvalue weighted by molar-refractivity contribution is 5.68. The number of rotatable bonds is 20. The molecule has 0 aliphatic carbocycles. The lowest BCUT2D eigenvalue weighted by molar-refractivity contribution is -0.148. The number of esters is 1. The standard InChI is InChI=1S/C22H44O4/c1-4-6-8-15-19-25-22(26-20-16-9-7-5-2)18-14-12-10-11-13-17-21(23)24-3/h22H,4-20H2,1-3H3. The molecule has 0 aliphatic heterocycles. The van der Waals surface area contributed by atoms with Crippen LogP contribution in [-0.4, -0.2) is 32.6 Å². The highest BCUT2D eigenvalue weighted by Crippen LogP contribution is 2.13. The van der Waals surface area contributed by atoms with Crippen molar-refractivity contribution in [2.45, 2.75) is 116 Å². The monoisotopic (exact) mass is 372 g/mol. The number of ether oxygens (including phenoxy) is 3. The Balaban J connectivity index is 3.78. The average Bonchev–Trinajstić information content (AvgIpc) is 2.65. The normalized spacial score (nSPS) is 11.2. The highest BCUT2D eigenvalue weighted by atomic mass is 16.7. The van der Waals surface area contributed by atoms with Crippen LogP contribution in [0.25, 0.3) is 0 Å². The maximum atomic E-state index is 11.1. The summed E-state index contributed by atoms with van der Waals surface area (Å²) in [5, 5.41) is 0. The molecule has 0 rings (SSSR count). The van der Waals surface area contributed by atoms with Gasteiger partial charge in [-0.2, -0.15) is 0 Å². The average molecular weight is 373 g/mol. The number of methoxy groups -OCH3 is 1. The second-order valence-corrected chi connectivity index (χ2v) is 7.18. The number of hydrogen-bond donors (Lipinski definition) is 0. The molecule has 4 nitrogen and oxygen atoms in total. The zero-order valence-corrected chi connectivity index (χ0v) is 17.7. The fourth-order valence-corrected chi connectivity index (χ4v) is 2.91. The molecule has 0 aliphatic rings. The van der Waals surface area contributed by atoms with Gasteiger partial charge in [-0.15, -0.1) is 0 Å². The van der Waals surface area contributed by atoms with Gasteiger partial charge in [-0.05, 0) is 32.1 Å². The summed E-state index contributed by atoms with van der Waals surface area (Å²) < 4.78 is 16.6. The first-order valence-corrected chi connectivity index (χ1v) is 11.0. The number of hydrogen-bond acceptors (Lipinski definition) is 4. The van der Waals surface area contributed by atoms with E-state index in [1.54, 1.807) is 0 Å². The van der Waals surface area contributed by atoms with Crippen LogP contribution >= 0.6 is 0 Å². The molecule has 0 saturated carbocycles. The second-order valence-electron chi connectivity index (χ2n) is 7.18. The molecule has 0 aromatic heterocycles. The van der Waals surface area contributed by atoms with Gasteiger partial charge in [0.05, 0.1) is 7.11 Å². The van der Waals surface area contributed by atoms with E-state index in [2.05, 4.69) is 18.6 Å². The minimum atomic E-state index is -0.0991. The van der Waals surface area contributed by atoms with Gasteiger partial charge in [0, 0.05) is 19.6 Å². The minimum absolute atomic E-state index is 0.0340. The van der Waals surface area contributed by atoms with E-state index in [9.17, 15) is 4.79 Å². The van der Waals surface area contributed by atoms with Gasteiger partial charge in [0.2, 0.25) is 0 Å². The summed E-state index contributed by atoms with van der Waals surface area (Å²) in [4.78, 5) is 11.1. The summed E-state index contributed by atoms with van der Waals surface area (Å²) in [5.74, 6) is -0.0991. The van der Waals surface area contributed by atoms with E-state index in [0.29, 0.717) is 6.42 Å². The lowest BCUT2D eigenvalue weighted by atomic mass is 10.1. The zero-order chi connectivity index (χ0) is 19.3. The first kappa shape index (κ1) is 25.4. The van der Waals surface area contributed by atoms with E-state index in [0.717, 1.165) is 58.2 Å². The molecule has 26 heavy (non-hydrogen) atoms. The molecule has 0 fully saturated rings. The maximum absolute atomic E-state index is 11.1. The molecule has 0 aromatic carbocycles. The Labute approximate surface area is 162 Å². The molecular weight excluding hydrogens is 328 g/mol. The highest BCUT2D eigenvalue weighted by Gasteiger charge is 2.09. The van der Waals surface area contributed by atoms with Gasteiger partial charge in [0.1, 0.15) is 0 Å². The Morgan fingerprint density at radius 1 is 0.692 bits per heavy atom. The van der Waals surface area contributed by atoms with Crippen LogP contribution in [0.5, 0.6) is 0 Å². The molecule has 0 unspecified atom stereocenters. The van der Waals surface area contributed by atoms with Gasteiger partial charge in [0.15, 0.2) is 6.29 Å². The molecule has 0 heterocycles. The fraction of sp³-hybridized carbons (Fsp3) is 0.955. The molecule has 0 saturated heterocycles. The molecular formula is C22H44O4. The number of unbranched alkanes of at least 4 members (excludes halogenated alkanes) is 10. The predicted molar refractivity (Wildman–Crippen MR) is 108 cm³/mol. The zero-order valence-electron chi connectivity index (χ0n) is 17.7. The van der Waals surface area contributed by atoms with Crippen molar-refractivity contribution in [3.8, 4) is 0 Å². The first-order chi connectivity index (χ1) is 12.7. The topological polar surface area (TPSA) is 44.8 Å². The third-order valence-electron chi connectivity index (χ3n) is 4.65. The molecule has 0 bridgehead atoms. The Kier molecular flexibility index (Phi) is 20.2. The molecule has 0 aromatic rings. The van der Waals surface area contributed by atoms with Crippen molar-refractivity contribution < 1.29 is 19.0 Å². The summed E-state index contributed by atoms with van der Waals surface area (Å²) in [6.45, 7) is 6.10. The number of carbonyl (C=O) groups is 1. The first-order valence-electron chi connectivity index (χ1n) is 11.0. The van der Waals surface area contributed by atoms with Crippen molar-refractivity contribution in [2.24, 2.45) is 0 Å². The van der Waals surface area contributed by atoms with Crippen molar-refractivity contribution in [2.75, 3.05) is 20.3 Å². The van der Waals surface area contributed by atoms with E-state index in [4.69, 9.17) is 9.47 Å². The van der Waals surface area contributed by atoms with Crippen LogP contribution in [0.2, 0.25) is 0 Å². The summed E-state index contributed by atoms with van der Waals surface area (Å²) in [7, 11) is 1.45. The van der Waals surface area contributed by atoms with Crippen LogP contribution in [0.1, 0.15) is 110 Å². The Morgan fingerprint density at radius 2 is 1.19 bits per heavy atom. The van der Waals surface area contributed by atoms with Crippen LogP contribution in [-0.2, 0) is 19.0 Å². The van der Waals surface area contributed by atoms with Crippen LogP contribution in [0.4, 0.5) is 0 Å².